The summed E-state index contributed by atoms with van der Waals surface area (Å²) in [6, 6.07) is 4.54. The van der Waals surface area contributed by atoms with Crippen LogP contribution in [0.1, 0.15) is 13.8 Å². The molecule has 1 aromatic rings. The van der Waals surface area contributed by atoms with E-state index in [4.69, 9.17) is 0 Å². The van der Waals surface area contributed by atoms with Crippen LogP contribution in [0.5, 0.6) is 0 Å². The topological polar surface area (TPSA) is 41.1 Å². The molecule has 0 unspecified atom stereocenters. The van der Waals surface area contributed by atoms with Crippen molar-refractivity contribution in [2.45, 2.75) is 19.4 Å². The number of hydrogen-bond acceptors (Lipinski definition) is 2. The van der Waals surface area contributed by atoms with Gasteiger partial charge in [-0.1, -0.05) is 6.07 Å². The van der Waals surface area contributed by atoms with Crippen LogP contribution in [0.15, 0.2) is 22.7 Å². The van der Waals surface area contributed by atoms with Gasteiger partial charge in [-0.15, -0.1) is 0 Å². The summed E-state index contributed by atoms with van der Waals surface area (Å²) in [4.78, 5) is 11.8. The van der Waals surface area contributed by atoms with Gasteiger partial charge in [0.1, 0.15) is 5.82 Å². The molecule has 1 amide bonds. The average Bonchev–Trinajstić information content (AvgIpc) is 2.23. The number of carbonyl (C=O) groups excluding carboxylic acids is 1. The van der Waals surface area contributed by atoms with Crippen molar-refractivity contribution in [2.24, 2.45) is 0 Å². The van der Waals surface area contributed by atoms with Crippen LogP contribution >= 0.6 is 15.9 Å². The van der Waals surface area contributed by atoms with E-state index in [-0.39, 0.29) is 11.6 Å². The summed E-state index contributed by atoms with van der Waals surface area (Å²) in [5.41, 5.74) is -0.585. The number of likely N-dealkylation sites (N-methyl/N-ethyl adjacent to an activating group) is 1. The van der Waals surface area contributed by atoms with Gasteiger partial charge in [-0.3, -0.25) is 4.79 Å². The van der Waals surface area contributed by atoms with Crippen LogP contribution in [0.4, 0.5) is 10.1 Å². The van der Waals surface area contributed by atoms with Gasteiger partial charge in [-0.25, -0.2) is 4.39 Å². The Hall–Kier alpha value is -0.940. The minimum atomic E-state index is -0.748. The highest BCUT2D eigenvalue weighted by Gasteiger charge is 2.26. The predicted octanol–water partition coefficient (Wildman–Crippen LogP) is 2.52. The molecule has 88 valence electrons. The minimum Gasteiger partial charge on any atom is -0.321 e. The first-order chi connectivity index (χ1) is 7.38. The second kappa shape index (κ2) is 4.93. The van der Waals surface area contributed by atoms with Crippen molar-refractivity contribution in [1.82, 2.24) is 5.32 Å². The van der Waals surface area contributed by atoms with Crippen LogP contribution in [-0.4, -0.2) is 18.5 Å². The number of nitrogens with one attached hydrogen (secondary N) is 2. The van der Waals surface area contributed by atoms with Gasteiger partial charge < -0.3 is 10.6 Å². The second-order valence-electron chi connectivity index (χ2n) is 3.93. The molecule has 0 spiro atoms. The lowest BCUT2D eigenvalue weighted by Gasteiger charge is -2.23. The summed E-state index contributed by atoms with van der Waals surface area (Å²) >= 11 is 3.19. The molecule has 5 heteroatoms. The van der Waals surface area contributed by atoms with E-state index in [1.165, 1.54) is 6.07 Å². The number of benzene rings is 1. The second-order valence-corrected chi connectivity index (χ2v) is 4.78. The molecule has 0 aromatic heterocycles. The van der Waals surface area contributed by atoms with Gasteiger partial charge in [0.2, 0.25) is 5.91 Å². The fourth-order valence-corrected chi connectivity index (χ4v) is 1.44. The van der Waals surface area contributed by atoms with Crippen LogP contribution in [0.2, 0.25) is 0 Å². The average molecular weight is 289 g/mol. The molecule has 0 aliphatic rings. The maximum absolute atomic E-state index is 13.4. The van der Waals surface area contributed by atoms with Crippen LogP contribution in [0.25, 0.3) is 0 Å². The van der Waals surface area contributed by atoms with Crippen molar-refractivity contribution in [3.8, 4) is 0 Å². The van der Waals surface area contributed by atoms with Gasteiger partial charge in [-0.2, -0.15) is 0 Å². The van der Waals surface area contributed by atoms with Gasteiger partial charge in [-0.05, 0) is 49.0 Å². The zero-order chi connectivity index (χ0) is 12.3. The van der Waals surface area contributed by atoms with E-state index < -0.39 is 11.4 Å². The third-order valence-corrected chi connectivity index (χ3v) is 3.05. The summed E-state index contributed by atoms with van der Waals surface area (Å²) in [5.74, 6) is -0.754. The van der Waals surface area contributed by atoms with E-state index >= 15 is 0 Å². The first-order valence-electron chi connectivity index (χ1n) is 4.83. The fourth-order valence-electron chi connectivity index (χ4n) is 1.00. The third kappa shape index (κ3) is 2.80. The largest absolute Gasteiger partial charge is 0.321 e. The van der Waals surface area contributed by atoms with Gasteiger partial charge in [0.15, 0.2) is 0 Å². The number of para-hydroxylation sites is 1. The Morgan fingerprint density at radius 2 is 2.06 bits per heavy atom. The maximum Gasteiger partial charge on any atom is 0.244 e. The van der Waals surface area contributed by atoms with E-state index in [1.54, 1.807) is 33.0 Å². The van der Waals surface area contributed by atoms with Gasteiger partial charge in [0.05, 0.1) is 11.2 Å². The molecular formula is C11H14BrFN2O. The highest BCUT2D eigenvalue weighted by Crippen LogP contribution is 2.25. The zero-order valence-electron chi connectivity index (χ0n) is 9.40. The third-order valence-electron chi connectivity index (χ3n) is 2.39. The Morgan fingerprint density at radius 1 is 1.44 bits per heavy atom. The van der Waals surface area contributed by atoms with Crippen LogP contribution < -0.4 is 10.6 Å². The molecule has 0 saturated heterocycles. The first kappa shape index (κ1) is 13.1. The van der Waals surface area contributed by atoms with E-state index in [1.807, 2.05) is 0 Å². The van der Waals surface area contributed by atoms with E-state index in [2.05, 4.69) is 26.6 Å². The molecule has 1 rings (SSSR count). The number of hydrogen-bond donors (Lipinski definition) is 2. The SMILES string of the molecule is CNC(C)(C)C(=O)Nc1c(F)cccc1Br. The molecule has 2 N–H and O–H groups in total. The van der Waals surface area contributed by atoms with E-state index in [0.29, 0.717) is 4.47 Å². The number of carbonyl (C=O) groups is 1. The Balaban J connectivity index is 2.94. The van der Waals surface area contributed by atoms with Gasteiger partial charge in [0, 0.05) is 4.47 Å². The Kier molecular flexibility index (Phi) is 4.04. The van der Waals surface area contributed by atoms with Crippen molar-refractivity contribution < 1.29 is 9.18 Å². The van der Waals surface area contributed by atoms with Crippen molar-refractivity contribution in [3.63, 3.8) is 0 Å². The predicted molar refractivity (Wildman–Crippen MR) is 65.9 cm³/mol. The fraction of sp³-hybridized carbons (Fsp3) is 0.364. The number of anilines is 1. The van der Waals surface area contributed by atoms with Crippen molar-refractivity contribution in [1.29, 1.82) is 0 Å². The Morgan fingerprint density at radius 3 is 2.56 bits per heavy atom. The lowest BCUT2D eigenvalue weighted by molar-refractivity contribution is -0.121. The number of rotatable bonds is 3. The molecule has 0 aliphatic carbocycles. The van der Waals surface area contributed by atoms with Crippen LogP contribution in [-0.2, 0) is 4.79 Å². The molecule has 3 nitrogen and oxygen atoms in total. The molecule has 0 bridgehead atoms. The zero-order valence-corrected chi connectivity index (χ0v) is 11.0. The van der Waals surface area contributed by atoms with Crippen molar-refractivity contribution in [2.75, 3.05) is 12.4 Å². The quantitative estimate of drug-likeness (QED) is 0.897. The molecule has 0 saturated carbocycles. The highest BCUT2D eigenvalue weighted by molar-refractivity contribution is 9.10. The molecule has 1 aromatic carbocycles. The van der Waals surface area contributed by atoms with E-state index in [9.17, 15) is 9.18 Å². The molecule has 0 radical (unpaired) electrons. The Labute approximate surface area is 103 Å². The summed E-state index contributed by atoms with van der Waals surface area (Å²) < 4.78 is 14.0. The lowest BCUT2D eigenvalue weighted by atomic mass is 10.1. The first-order valence-corrected chi connectivity index (χ1v) is 5.62. The molecule has 16 heavy (non-hydrogen) atoms. The van der Waals surface area contributed by atoms with Crippen LogP contribution in [0.3, 0.4) is 0 Å². The summed E-state index contributed by atoms with van der Waals surface area (Å²) in [6.07, 6.45) is 0. The van der Waals surface area contributed by atoms with Gasteiger partial charge in [0.25, 0.3) is 0 Å². The van der Waals surface area contributed by atoms with Gasteiger partial charge >= 0.3 is 0 Å². The van der Waals surface area contributed by atoms with Crippen LogP contribution in [0, 0.1) is 5.82 Å². The number of amides is 1. The smallest absolute Gasteiger partial charge is 0.244 e. The molecule has 0 aliphatic heterocycles. The normalized spacial score (nSPS) is 11.3. The molecular weight excluding hydrogens is 275 g/mol. The highest BCUT2D eigenvalue weighted by atomic mass is 79.9. The monoisotopic (exact) mass is 288 g/mol. The minimum absolute atomic E-state index is 0.163. The maximum atomic E-state index is 13.4. The summed E-state index contributed by atoms with van der Waals surface area (Å²) in [5, 5.41) is 5.40. The van der Waals surface area contributed by atoms with Crippen molar-refractivity contribution >= 4 is 27.5 Å². The summed E-state index contributed by atoms with van der Waals surface area (Å²) in [6.45, 7) is 3.44. The molecule has 0 heterocycles. The van der Waals surface area contributed by atoms with Crippen molar-refractivity contribution in [3.05, 3.63) is 28.5 Å². The summed E-state index contributed by atoms with van der Waals surface area (Å²) in [7, 11) is 1.68. The molecule has 0 atom stereocenters. The standard InChI is InChI=1S/C11H14BrFN2O/c1-11(2,14-3)10(16)15-9-7(12)5-4-6-8(9)13/h4-6,14H,1-3H3,(H,15,16). The lowest BCUT2D eigenvalue weighted by Crippen LogP contribution is -2.48. The number of halogens is 2. The Bertz CT molecular complexity index is 387. The molecule has 0 fully saturated rings. The van der Waals surface area contributed by atoms with E-state index in [0.717, 1.165) is 0 Å².